The number of morpholine rings is 1. The number of benzene rings is 2. The number of aliphatic imine (C=N–C) groups is 1. The van der Waals surface area contributed by atoms with Crippen LogP contribution in [0.25, 0.3) is 0 Å². The Hall–Kier alpha value is -2.07. The molecular weight excluding hydrogens is 498 g/mol. The van der Waals surface area contributed by atoms with E-state index in [1.54, 1.807) is 13.1 Å². The zero-order valence-corrected chi connectivity index (χ0v) is 19.6. The van der Waals surface area contributed by atoms with E-state index in [1.165, 1.54) is 0 Å². The Morgan fingerprint density at radius 2 is 1.90 bits per heavy atom. The number of hydrogen-bond acceptors (Lipinski definition) is 4. The van der Waals surface area contributed by atoms with Gasteiger partial charge in [-0.15, -0.1) is 24.0 Å². The number of ether oxygens (including phenoxy) is 2. The van der Waals surface area contributed by atoms with E-state index >= 15 is 0 Å². The monoisotopic (exact) mass is 528 g/mol. The molecule has 3 rings (SSSR count). The predicted octanol–water partition coefficient (Wildman–Crippen LogP) is 3.41. The molecule has 1 fully saturated rings. The molecule has 0 amide bonds. The summed E-state index contributed by atoms with van der Waals surface area (Å²) < 4.78 is 25.5. The van der Waals surface area contributed by atoms with E-state index in [4.69, 9.17) is 9.47 Å². The zero-order chi connectivity index (χ0) is 20.3. The van der Waals surface area contributed by atoms with Crippen molar-refractivity contribution in [2.24, 2.45) is 4.99 Å². The van der Waals surface area contributed by atoms with Gasteiger partial charge in [-0.1, -0.05) is 24.3 Å². The standard InChI is InChI=1S/C22H29FN4O2.HI/c1-24-22(25-10-5-13-29-19-6-3-2-4-7-19)26-17-18-8-9-21(20(23)16-18)27-11-14-28-15-12-27;/h2-4,6-9,16H,5,10-15,17H2,1H3,(H2,24,25,26);1H. The van der Waals surface area contributed by atoms with E-state index in [9.17, 15) is 4.39 Å². The summed E-state index contributed by atoms with van der Waals surface area (Å²) in [7, 11) is 1.72. The molecule has 2 aromatic carbocycles. The quantitative estimate of drug-likeness (QED) is 0.238. The molecule has 0 aliphatic carbocycles. The second kappa shape index (κ2) is 13.3. The molecule has 0 aromatic heterocycles. The van der Waals surface area contributed by atoms with E-state index in [1.807, 2.05) is 47.4 Å². The van der Waals surface area contributed by atoms with Gasteiger partial charge in [0.25, 0.3) is 0 Å². The minimum absolute atomic E-state index is 0. The molecule has 1 heterocycles. The van der Waals surface area contributed by atoms with E-state index in [0.717, 1.165) is 37.4 Å². The van der Waals surface area contributed by atoms with Gasteiger partial charge in [0.15, 0.2) is 5.96 Å². The third kappa shape index (κ3) is 7.64. The van der Waals surface area contributed by atoms with Crippen molar-refractivity contribution < 1.29 is 13.9 Å². The molecule has 8 heteroatoms. The van der Waals surface area contributed by atoms with Crippen LogP contribution < -0.4 is 20.3 Å². The summed E-state index contributed by atoms with van der Waals surface area (Å²) in [5, 5.41) is 6.46. The smallest absolute Gasteiger partial charge is 0.191 e. The van der Waals surface area contributed by atoms with Gasteiger partial charge in [-0.2, -0.15) is 0 Å². The first-order valence-electron chi connectivity index (χ1n) is 10.00. The lowest BCUT2D eigenvalue weighted by atomic mass is 10.1. The van der Waals surface area contributed by atoms with Gasteiger partial charge >= 0.3 is 0 Å². The Labute approximate surface area is 194 Å². The molecule has 0 spiro atoms. The van der Waals surface area contributed by atoms with Crippen LogP contribution in [0.3, 0.4) is 0 Å². The minimum atomic E-state index is -0.202. The van der Waals surface area contributed by atoms with E-state index in [2.05, 4.69) is 15.6 Å². The highest BCUT2D eigenvalue weighted by Crippen LogP contribution is 2.21. The topological polar surface area (TPSA) is 58.1 Å². The molecule has 0 radical (unpaired) electrons. The van der Waals surface area contributed by atoms with Gasteiger partial charge in [-0.05, 0) is 36.2 Å². The van der Waals surface area contributed by atoms with E-state index in [-0.39, 0.29) is 29.8 Å². The fourth-order valence-electron chi connectivity index (χ4n) is 3.11. The fraction of sp³-hybridized carbons (Fsp3) is 0.409. The van der Waals surface area contributed by atoms with Crippen molar-refractivity contribution in [3.05, 3.63) is 59.9 Å². The number of halogens is 2. The summed E-state index contributed by atoms with van der Waals surface area (Å²) in [6, 6.07) is 15.1. The summed E-state index contributed by atoms with van der Waals surface area (Å²) in [5.41, 5.74) is 1.51. The van der Waals surface area contributed by atoms with Crippen LogP contribution >= 0.6 is 24.0 Å². The third-order valence-electron chi connectivity index (χ3n) is 4.67. The summed E-state index contributed by atoms with van der Waals surface area (Å²) in [6.07, 6.45) is 0.846. The molecule has 1 aliphatic rings. The fourth-order valence-corrected chi connectivity index (χ4v) is 3.11. The number of guanidine groups is 1. The highest BCUT2D eigenvalue weighted by molar-refractivity contribution is 14.0. The first-order valence-corrected chi connectivity index (χ1v) is 10.00. The van der Waals surface area contributed by atoms with Gasteiger partial charge in [-0.25, -0.2) is 4.39 Å². The lowest BCUT2D eigenvalue weighted by molar-refractivity contribution is 0.122. The molecule has 164 valence electrons. The van der Waals surface area contributed by atoms with Crippen molar-refractivity contribution >= 4 is 35.6 Å². The summed E-state index contributed by atoms with van der Waals surface area (Å²) >= 11 is 0. The van der Waals surface area contributed by atoms with Crippen LogP contribution in [-0.2, 0) is 11.3 Å². The second-order valence-corrected chi connectivity index (χ2v) is 6.75. The van der Waals surface area contributed by atoms with Gasteiger partial charge in [0.05, 0.1) is 25.5 Å². The zero-order valence-electron chi connectivity index (χ0n) is 17.3. The van der Waals surface area contributed by atoms with Crippen molar-refractivity contribution in [3.8, 4) is 5.75 Å². The molecule has 2 N–H and O–H groups in total. The number of nitrogens with zero attached hydrogens (tertiary/aromatic N) is 2. The van der Waals surface area contributed by atoms with Crippen molar-refractivity contribution in [1.82, 2.24) is 10.6 Å². The maximum Gasteiger partial charge on any atom is 0.191 e. The molecular formula is C22H30FIN4O2. The molecule has 1 aliphatic heterocycles. The van der Waals surface area contributed by atoms with Crippen LogP contribution in [-0.4, -0.2) is 52.5 Å². The molecule has 0 atom stereocenters. The molecule has 1 saturated heterocycles. The Morgan fingerprint density at radius 3 is 2.60 bits per heavy atom. The van der Waals surface area contributed by atoms with Crippen LogP contribution in [0.4, 0.5) is 10.1 Å². The summed E-state index contributed by atoms with van der Waals surface area (Å²) in [4.78, 5) is 6.23. The maximum atomic E-state index is 14.5. The largest absolute Gasteiger partial charge is 0.494 e. The maximum absolute atomic E-state index is 14.5. The normalized spacial score (nSPS) is 14.1. The predicted molar refractivity (Wildman–Crippen MR) is 130 cm³/mol. The first-order chi connectivity index (χ1) is 14.3. The van der Waals surface area contributed by atoms with Crippen molar-refractivity contribution in [3.63, 3.8) is 0 Å². The average molecular weight is 528 g/mol. The van der Waals surface area contributed by atoms with Gasteiger partial charge < -0.3 is 25.0 Å². The van der Waals surface area contributed by atoms with Gasteiger partial charge in [0.2, 0.25) is 0 Å². The SMILES string of the molecule is CN=C(NCCCOc1ccccc1)NCc1ccc(N2CCOCC2)c(F)c1.I. The number of para-hydroxylation sites is 1. The van der Waals surface area contributed by atoms with Crippen molar-refractivity contribution in [1.29, 1.82) is 0 Å². The van der Waals surface area contributed by atoms with Crippen molar-refractivity contribution in [2.45, 2.75) is 13.0 Å². The summed E-state index contributed by atoms with van der Waals surface area (Å²) in [6.45, 7) is 4.58. The van der Waals surface area contributed by atoms with Crippen LogP contribution in [0.15, 0.2) is 53.5 Å². The highest BCUT2D eigenvalue weighted by atomic mass is 127. The minimum Gasteiger partial charge on any atom is -0.494 e. The molecule has 0 saturated carbocycles. The van der Waals surface area contributed by atoms with Crippen molar-refractivity contribution in [2.75, 3.05) is 51.4 Å². The van der Waals surface area contributed by atoms with E-state index < -0.39 is 0 Å². The molecule has 6 nitrogen and oxygen atoms in total. The molecule has 2 aromatic rings. The average Bonchev–Trinajstić information content (AvgIpc) is 2.77. The van der Waals surface area contributed by atoms with Gasteiger partial charge in [-0.3, -0.25) is 4.99 Å². The highest BCUT2D eigenvalue weighted by Gasteiger charge is 2.15. The Morgan fingerprint density at radius 1 is 1.13 bits per heavy atom. The lowest BCUT2D eigenvalue weighted by Gasteiger charge is -2.29. The number of nitrogens with one attached hydrogen (secondary N) is 2. The Kier molecular flexibility index (Phi) is 10.7. The number of anilines is 1. The second-order valence-electron chi connectivity index (χ2n) is 6.75. The van der Waals surface area contributed by atoms with Crippen LogP contribution in [0.2, 0.25) is 0 Å². The first kappa shape index (κ1) is 24.2. The molecule has 0 unspecified atom stereocenters. The van der Waals surface area contributed by atoms with Crippen LogP contribution in [0.1, 0.15) is 12.0 Å². The third-order valence-corrected chi connectivity index (χ3v) is 4.67. The van der Waals surface area contributed by atoms with Crippen LogP contribution in [0, 0.1) is 5.82 Å². The number of rotatable bonds is 8. The number of hydrogen-bond donors (Lipinski definition) is 2. The van der Waals surface area contributed by atoms with E-state index in [0.29, 0.717) is 38.0 Å². The summed E-state index contributed by atoms with van der Waals surface area (Å²) in [5.74, 6) is 1.35. The van der Waals surface area contributed by atoms with Gasteiger partial charge in [0, 0.05) is 33.2 Å². The molecule has 30 heavy (non-hydrogen) atoms. The Bertz CT molecular complexity index is 786. The Balaban J connectivity index is 0.00000320. The lowest BCUT2D eigenvalue weighted by Crippen LogP contribution is -2.38. The van der Waals surface area contributed by atoms with Crippen LogP contribution in [0.5, 0.6) is 5.75 Å². The van der Waals surface area contributed by atoms with Gasteiger partial charge in [0.1, 0.15) is 11.6 Å². The molecule has 0 bridgehead atoms.